The smallest absolute Gasteiger partial charge is 0.270 e. The minimum atomic E-state index is -1.09. The fourth-order valence-electron chi connectivity index (χ4n) is 4.14. The molecule has 180 valence electrons. The van der Waals surface area contributed by atoms with Crippen molar-refractivity contribution in [1.82, 2.24) is 10.3 Å². The Morgan fingerprint density at radius 2 is 2.00 bits per heavy atom. The summed E-state index contributed by atoms with van der Waals surface area (Å²) in [6.07, 6.45) is 2.26. The lowest BCUT2D eigenvalue weighted by atomic mass is 9.90. The van der Waals surface area contributed by atoms with Crippen molar-refractivity contribution in [3.8, 4) is 0 Å². The number of aliphatic hydroxyl groups excluding tert-OH is 2. The van der Waals surface area contributed by atoms with Crippen LogP contribution in [-0.4, -0.2) is 78.2 Å². The topological polar surface area (TPSA) is 104 Å². The van der Waals surface area contributed by atoms with E-state index >= 15 is 0 Å². The van der Waals surface area contributed by atoms with E-state index in [4.69, 9.17) is 14.5 Å². The highest BCUT2D eigenvalue weighted by atomic mass is 32.2. The molecule has 1 aromatic heterocycles. The molecule has 3 rings (SSSR count). The second kappa shape index (κ2) is 11.2. The predicted molar refractivity (Wildman–Crippen MR) is 125 cm³/mol. The quantitative estimate of drug-likeness (QED) is 0.318. The Bertz CT molecular complexity index is 758. The van der Waals surface area contributed by atoms with Crippen molar-refractivity contribution in [2.24, 2.45) is 5.41 Å². The highest BCUT2D eigenvalue weighted by Gasteiger charge is 2.39. The third-order valence-corrected chi connectivity index (χ3v) is 7.94. The van der Waals surface area contributed by atoms with Crippen LogP contribution in [0.1, 0.15) is 56.9 Å². The normalized spacial score (nSPS) is 19.0. The zero-order valence-electron chi connectivity index (χ0n) is 19.4. The first kappa shape index (κ1) is 25.2. The summed E-state index contributed by atoms with van der Waals surface area (Å²) >= 11 is 1.57. The van der Waals surface area contributed by atoms with Crippen LogP contribution in [-0.2, 0) is 9.47 Å². The second-order valence-electron chi connectivity index (χ2n) is 8.78. The van der Waals surface area contributed by atoms with E-state index < -0.39 is 11.8 Å². The fourth-order valence-corrected chi connectivity index (χ4v) is 5.35. The SMILES string of the molecule is CCOC(O)C(CC)(CC)NC(=O)c1ccc(N2CCCC2)c(SCC2(CO)COC2)n1. The maximum absolute atomic E-state index is 13.2. The largest absolute Gasteiger partial charge is 0.396 e. The van der Waals surface area contributed by atoms with Crippen LogP contribution < -0.4 is 10.2 Å². The van der Waals surface area contributed by atoms with Crippen LogP contribution in [0.15, 0.2) is 17.2 Å². The highest BCUT2D eigenvalue weighted by Crippen LogP contribution is 2.38. The van der Waals surface area contributed by atoms with Gasteiger partial charge < -0.3 is 29.9 Å². The fraction of sp³-hybridized carbons (Fsp3) is 0.739. The van der Waals surface area contributed by atoms with Crippen molar-refractivity contribution < 1.29 is 24.5 Å². The van der Waals surface area contributed by atoms with Gasteiger partial charge in [-0.15, -0.1) is 11.8 Å². The van der Waals surface area contributed by atoms with Crippen molar-refractivity contribution >= 4 is 23.4 Å². The molecular formula is C23H37N3O5S. The van der Waals surface area contributed by atoms with E-state index in [1.165, 1.54) is 0 Å². The molecule has 32 heavy (non-hydrogen) atoms. The zero-order valence-corrected chi connectivity index (χ0v) is 20.2. The molecule has 1 unspecified atom stereocenters. The summed E-state index contributed by atoms with van der Waals surface area (Å²) in [5, 5.41) is 24.1. The van der Waals surface area contributed by atoms with Gasteiger partial charge in [0.25, 0.3) is 5.91 Å². The summed E-state index contributed by atoms with van der Waals surface area (Å²) in [6.45, 7) is 9.13. The number of aromatic nitrogens is 1. The first-order valence-electron chi connectivity index (χ1n) is 11.6. The summed E-state index contributed by atoms with van der Waals surface area (Å²) in [4.78, 5) is 20.2. The van der Waals surface area contributed by atoms with E-state index in [0.29, 0.717) is 44.1 Å². The Kier molecular flexibility index (Phi) is 8.80. The van der Waals surface area contributed by atoms with Gasteiger partial charge in [-0.3, -0.25) is 4.79 Å². The average molecular weight is 468 g/mol. The molecule has 2 aliphatic rings. The summed E-state index contributed by atoms with van der Waals surface area (Å²) < 4.78 is 10.7. The number of aliphatic hydroxyl groups is 2. The van der Waals surface area contributed by atoms with Crippen molar-refractivity contribution in [2.45, 2.75) is 63.3 Å². The number of carbonyl (C=O) groups excluding carboxylic acids is 1. The molecule has 3 heterocycles. The number of anilines is 1. The van der Waals surface area contributed by atoms with Crippen LogP contribution in [0.4, 0.5) is 5.69 Å². The number of hydrogen-bond donors (Lipinski definition) is 3. The van der Waals surface area contributed by atoms with Gasteiger partial charge in [0.1, 0.15) is 10.7 Å². The number of hydrogen-bond acceptors (Lipinski definition) is 8. The van der Waals surface area contributed by atoms with Gasteiger partial charge in [0.15, 0.2) is 6.29 Å². The summed E-state index contributed by atoms with van der Waals surface area (Å²) in [5.74, 6) is 0.352. The Morgan fingerprint density at radius 1 is 1.31 bits per heavy atom. The van der Waals surface area contributed by atoms with Crippen molar-refractivity contribution in [3.05, 3.63) is 17.8 Å². The molecule has 2 fully saturated rings. The molecule has 2 aliphatic heterocycles. The van der Waals surface area contributed by atoms with Gasteiger partial charge in [-0.1, -0.05) is 13.8 Å². The number of thioether (sulfide) groups is 1. The molecule has 1 atom stereocenters. The molecular weight excluding hydrogens is 430 g/mol. The van der Waals surface area contributed by atoms with E-state index in [1.807, 2.05) is 26.8 Å². The molecule has 2 saturated heterocycles. The minimum absolute atomic E-state index is 0.0735. The lowest BCUT2D eigenvalue weighted by molar-refractivity contribution is -0.149. The van der Waals surface area contributed by atoms with E-state index in [0.717, 1.165) is 36.6 Å². The van der Waals surface area contributed by atoms with Gasteiger partial charge in [-0.2, -0.15) is 0 Å². The van der Waals surface area contributed by atoms with Crippen LogP contribution in [0, 0.1) is 5.41 Å². The monoisotopic (exact) mass is 467 g/mol. The molecule has 1 aromatic rings. The van der Waals surface area contributed by atoms with E-state index in [9.17, 15) is 15.0 Å². The Morgan fingerprint density at radius 3 is 2.53 bits per heavy atom. The number of ether oxygens (including phenoxy) is 2. The molecule has 0 aromatic carbocycles. The predicted octanol–water partition coefficient (Wildman–Crippen LogP) is 2.43. The van der Waals surface area contributed by atoms with Gasteiger partial charge >= 0.3 is 0 Å². The molecule has 8 nitrogen and oxygen atoms in total. The highest BCUT2D eigenvalue weighted by molar-refractivity contribution is 7.99. The number of amides is 1. The van der Waals surface area contributed by atoms with Crippen molar-refractivity contribution in [2.75, 3.05) is 50.2 Å². The second-order valence-corrected chi connectivity index (χ2v) is 9.74. The summed E-state index contributed by atoms with van der Waals surface area (Å²) in [5.41, 5.74) is 0.228. The van der Waals surface area contributed by atoms with Crippen molar-refractivity contribution in [1.29, 1.82) is 0 Å². The molecule has 0 bridgehead atoms. The third kappa shape index (κ3) is 5.39. The van der Waals surface area contributed by atoms with Gasteiger partial charge in [0.05, 0.1) is 31.0 Å². The Hall–Kier alpha value is -1.39. The van der Waals surface area contributed by atoms with Crippen LogP contribution in [0.25, 0.3) is 0 Å². The number of carbonyl (C=O) groups is 1. The van der Waals surface area contributed by atoms with E-state index in [2.05, 4.69) is 10.2 Å². The molecule has 0 radical (unpaired) electrons. The molecule has 1 amide bonds. The summed E-state index contributed by atoms with van der Waals surface area (Å²) in [7, 11) is 0. The maximum Gasteiger partial charge on any atom is 0.270 e. The lowest BCUT2D eigenvalue weighted by Gasteiger charge is -2.39. The van der Waals surface area contributed by atoms with E-state index in [1.54, 1.807) is 17.8 Å². The summed E-state index contributed by atoms with van der Waals surface area (Å²) in [6, 6.07) is 3.72. The van der Waals surface area contributed by atoms with Crippen molar-refractivity contribution in [3.63, 3.8) is 0 Å². The first-order valence-corrected chi connectivity index (χ1v) is 12.6. The van der Waals surface area contributed by atoms with E-state index in [-0.39, 0.29) is 17.9 Å². The number of rotatable bonds is 12. The van der Waals surface area contributed by atoms with Gasteiger partial charge in [0.2, 0.25) is 0 Å². The van der Waals surface area contributed by atoms with Crippen LogP contribution in [0.5, 0.6) is 0 Å². The molecule has 0 saturated carbocycles. The van der Waals surface area contributed by atoms with Gasteiger partial charge in [-0.05, 0) is 44.7 Å². The van der Waals surface area contributed by atoms with Crippen LogP contribution in [0.2, 0.25) is 0 Å². The van der Waals surface area contributed by atoms with Gasteiger partial charge in [-0.25, -0.2) is 4.98 Å². The molecule has 0 aliphatic carbocycles. The molecule has 9 heteroatoms. The minimum Gasteiger partial charge on any atom is -0.396 e. The Balaban J connectivity index is 1.83. The zero-order chi connectivity index (χ0) is 23.2. The average Bonchev–Trinajstić information content (AvgIpc) is 3.31. The molecule has 3 N–H and O–H groups in total. The lowest BCUT2D eigenvalue weighted by Crippen LogP contribution is -2.57. The van der Waals surface area contributed by atoms with Gasteiger partial charge in [0, 0.05) is 30.9 Å². The van der Waals surface area contributed by atoms with Crippen LogP contribution >= 0.6 is 11.8 Å². The first-order chi connectivity index (χ1) is 15.4. The third-order valence-electron chi connectivity index (χ3n) is 6.61. The Labute approximate surface area is 195 Å². The number of pyridine rings is 1. The number of nitrogens with zero attached hydrogens (tertiary/aromatic N) is 2. The molecule has 0 spiro atoms. The standard InChI is InChI=1S/C23H37N3O5S/c1-4-23(5-2,21(29)31-6-3)25-19(28)17-9-10-18(26-11-7-8-12-26)20(24-17)32-16-22(13-27)14-30-15-22/h9-10,21,27,29H,4-8,11-16H2,1-3H3,(H,25,28). The van der Waals surface area contributed by atoms with Crippen LogP contribution in [0.3, 0.4) is 0 Å². The maximum atomic E-state index is 13.2. The number of nitrogens with one attached hydrogen (secondary N) is 1.